The van der Waals surface area contributed by atoms with Crippen molar-refractivity contribution in [2.75, 3.05) is 20.8 Å². The molecule has 5 heteroatoms. The van der Waals surface area contributed by atoms with Gasteiger partial charge in [0.2, 0.25) is 5.91 Å². The summed E-state index contributed by atoms with van der Waals surface area (Å²) in [5, 5.41) is 3.32. The predicted molar refractivity (Wildman–Crippen MR) is 74.3 cm³/mol. The standard InChI is InChI=1S/C14H22N2O3/c1-18-12-7-6-11(9-13(12)19-2)10-16-8-4-3-5-14(15)17/h6-7,9,16H,3-5,8,10H2,1-2H3,(H2,15,17). The minimum Gasteiger partial charge on any atom is -0.493 e. The molecule has 5 nitrogen and oxygen atoms in total. The molecule has 0 fully saturated rings. The number of rotatable bonds is 9. The van der Waals surface area contributed by atoms with Gasteiger partial charge in [-0.15, -0.1) is 0 Å². The maximum atomic E-state index is 10.6. The van der Waals surface area contributed by atoms with Crippen LogP contribution in [0, 0.1) is 0 Å². The van der Waals surface area contributed by atoms with Crippen molar-refractivity contribution in [3.63, 3.8) is 0 Å². The number of hydrogen-bond acceptors (Lipinski definition) is 4. The Bertz CT molecular complexity index is 408. The molecule has 0 aliphatic carbocycles. The monoisotopic (exact) mass is 266 g/mol. The second kappa shape index (κ2) is 8.37. The molecule has 0 heterocycles. The maximum absolute atomic E-state index is 10.6. The molecule has 0 aliphatic rings. The molecule has 0 aromatic heterocycles. The number of nitrogens with one attached hydrogen (secondary N) is 1. The van der Waals surface area contributed by atoms with E-state index in [2.05, 4.69) is 5.32 Å². The highest BCUT2D eigenvalue weighted by molar-refractivity contribution is 5.73. The van der Waals surface area contributed by atoms with Crippen LogP contribution in [0.3, 0.4) is 0 Å². The lowest BCUT2D eigenvalue weighted by Gasteiger charge is -2.10. The van der Waals surface area contributed by atoms with Crippen molar-refractivity contribution in [1.82, 2.24) is 5.32 Å². The zero-order valence-electron chi connectivity index (χ0n) is 11.6. The van der Waals surface area contributed by atoms with Gasteiger partial charge in [-0.1, -0.05) is 6.07 Å². The van der Waals surface area contributed by atoms with Gasteiger partial charge >= 0.3 is 0 Å². The molecule has 0 spiro atoms. The first-order chi connectivity index (χ1) is 9.17. The van der Waals surface area contributed by atoms with E-state index in [0.717, 1.165) is 43.0 Å². The van der Waals surface area contributed by atoms with E-state index in [0.29, 0.717) is 6.42 Å². The van der Waals surface area contributed by atoms with Gasteiger partial charge < -0.3 is 20.5 Å². The van der Waals surface area contributed by atoms with E-state index < -0.39 is 0 Å². The first kappa shape index (κ1) is 15.3. The number of ether oxygens (including phenoxy) is 2. The van der Waals surface area contributed by atoms with Gasteiger partial charge in [0.25, 0.3) is 0 Å². The third kappa shape index (κ3) is 5.61. The fourth-order valence-corrected chi connectivity index (χ4v) is 1.77. The number of unbranched alkanes of at least 4 members (excludes halogenated alkanes) is 1. The number of carbonyl (C=O) groups is 1. The van der Waals surface area contributed by atoms with Gasteiger partial charge in [-0.05, 0) is 37.1 Å². The summed E-state index contributed by atoms with van der Waals surface area (Å²) in [7, 11) is 3.24. The summed E-state index contributed by atoms with van der Waals surface area (Å²) in [4.78, 5) is 10.6. The van der Waals surface area contributed by atoms with E-state index >= 15 is 0 Å². The zero-order valence-corrected chi connectivity index (χ0v) is 11.6. The van der Waals surface area contributed by atoms with E-state index in [1.807, 2.05) is 18.2 Å². The number of primary amides is 1. The number of methoxy groups -OCH3 is 2. The first-order valence-corrected chi connectivity index (χ1v) is 6.37. The third-order valence-electron chi connectivity index (χ3n) is 2.80. The molecular formula is C14H22N2O3. The van der Waals surface area contributed by atoms with Crippen molar-refractivity contribution in [2.24, 2.45) is 5.73 Å². The topological polar surface area (TPSA) is 73.6 Å². The zero-order chi connectivity index (χ0) is 14.1. The van der Waals surface area contributed by atoms with Crippen molar-refractivity contribution in [3.05, 3.63) is 23.8 Å². The lowest BCUT2D eigenvalue weighted by molar-refractivity contribution is -0.118. The summed E-state index contributed by atoms with van der Waals surface area (Å²) < 4.78 is 10.4. The molecule has 106 valence electrons. The van der Waals surface area contributed by atoms with Crippen LogP contribution < -0.4 is 20.5 Å². The Hall–Kier alpha value is -1.75. The number of carbonyl (C=O) groups excluding carboxylic acids is 1. The SMILES string of the molecule is COc1ccc(CNCCCCC(N)=O)cc1OC. The Morgan fingerprint density at radius 1 is 1.21 bits per heavy atom. The highest BCUT2D eigenvalue weighted by atomic mass is 16.5. The molecule has 1 rings (SSSR count). The lowest BCUT2D eigenvalue weighted by Crippen LogP contribution is -2.16. The second-order valence-corrected chi connectivity index (χ2v) is 4.29. The van der Waals surface area contributed by atoms with E-state index in [9.17, 15) is 4.79 Å². The summed E-state index contributed by atoms with van der Waals surface area (Å²) in [6.07, 6.45) is 2.22. The highest BCUT2D eigenvalue weighted by Crippen LogP contribution is 2.27. The van der Waals surface area contributed by atoms with E-state index in [1.54, 1.807) is 14.2 Å². The molecule has 0 radical (unpaired) electrons. The van der Waals surface area contributed by atoms with Gasteiger partial charge in [0.05, 0.1) is 14.2 Å². The quantitative estimate of drug-likeness (QED) is 0.663. The van der Waals surface area contributed by atoms with Crippen LogP contribution in [0.1, 0.15) is 24.8 Å². The van der Waals surface area contributed by atoms with Gasteiger partial charge in [0.1, 0.15) is 0 Å². The summed E-state index contributed by atoms with van der Waals surface area (Å²) >= 11 is 0. The molecule has 0 saturated carbocycles. The predicted octanol–water partition coefficient (Wildman–Crippen LogP) is 1.45. The molecular weight excluding hydrogens is 244 g/mol. The largest absolute Gasteiger partial charge is 0.493 e. The van der Waals surface area contributed by atoms with Crippen LogP contribution in [0.15, 0.2) is 18.2 Å². The Labute approximate surface area is 114 Å². The van der Waals surface area contributed by atoms with Gasteiger partial charge in [-0.25, -0.2) is 0 Å². The highest BCUT2D eigenvalue weighted by Gasteiger charge is 2.04. The first-order valence-electron chi connectivity index (χ1n) is 6.37. The average molecular weight is 266 g/mol. The summed E-state index contributed by atoms with van der Waals surface area (Å²) in [5.41, 5.74) is 6.20. The molecule has 3 N–H and O–H groups in total. The minimum absolute atomic E-state index is 0.236. The van der Waals surface area contributed by atoms with Gasteiger partial charge in [-0.3, -0.25) is 4.79 Å². The van der Waals surface area contributed by atoms with Crippen LogP contribution in [-0.4, -0.2) is 26.7 Å². The van der Waals surface area contributed by atoms with Gasteiger partial charge in [-0.2, -0.15) is 0 Å². The molecule has 1 aromatic rings. The number of amides is 1. The van der Waals surface area contributed by atoms with E-state index in [-0.39, 0.29) is 5.91 Å². The van der Waals surface area contributed by atoms with Crippen molar-refractivity contribution in [3.8, 4) is 11.5 Å². The fourth-order valence-electron chi connectivity index (χ4n) is 1.77. The molecule has 0 saturated heterocycles. The molecule has 1 aromatic carbocycles. The number of hydrogen-bond donors (Lipinski definition) is 2. The van der Waals surface area contributed by atoms with Crippen molar-refractivity contribution in [1.29, 1.82) is 0 Å². The van der Waals surface area contributed by atoms with Crippen LogP contribution in [0.4, 0.5) is 0 Å². The summed E-state index contributed by atoms with van der Waals surface area (Å²) in [6, 6.07) is 5.84. The normalized spacial score (nSPS) is 10.2. The lowest BCUT2D eigenvalue weighted by atomic mass is 10.2. The molecule has 0 unspecified atom stereocenters. The van der Waals surface area contributed by atoms with E-state index in [1.165, 1.54) is 0 Å². The summed E-state index contributed by atoms with van der Waals surface area (Å²) in [5.74, 6) is 1.23. The summed E-state index contributed by atoms with van der Waals surface area (Å²) in [6.45, 7) is 1.62. The molecule has 0 aliphatic heterocycles. The second-order valence-electron chi connectivity index (χ2n) is 4.29. The molecule has 19 heavy (non-hydrogen) atoms. The van der Waals surface area contributed by atoms with Crippen molar-refractivity contribution < 1.29 is 14.3 Å². The smallest absolute Gasteiger partial charge is 0.217 e. The van der Waals surface area contributed by atoms with Crippen LogP contribution in [0.2, 0.25) is 0 Å². The third-order valence-corrected chi connectivity index (χ3v) is 2.80. The van der Waals surface area contributed by atoms with Crippen LogP contribution in [0.5, 0.6) is 11.5 Å². The Morgan fingerprint density at radius 2 is 1.95 bits per heavy atom. The maximum Gasteiger partial charge on any atom is 0.217 e. The Morgan fingerprint density at radius 3 is 2.58 bits per heavy atom. The number of nitrogens with two attached hydrogens (primary N) is 1. The van der Waals surface area contributed by atoms with Crippen LogP contribution in [0.25, 0.3) is 0 Å². The van der Waals surface area contributed by atoms with Crippen molar-refractivity contribution in [2.45, 2.75) is 25.8 Å². The number of benzene rings is 1. The van der Waals surface area contributed by atoms with Crippen LogP contribution in [-0.2, 0) is 11.3 Å². The molecule has 0 bridgehead atoms. The van der Waals surface area contributed by atoms with Crippen LogP contribution >= 0.6 is 0 Å². The van der Waals surface area contributed by atoms with Gasteiger partial charge in [0.15, 0.2) is 11.5 Å². The Balaban J connectivity index is 2.31. The van der Waals surface area contributed by atoms with Gasteiger partial charge in [0, 0.05) is 13.0 Å². The van der Waals surface area contributed by atoms with E-state index in [4.69, 9.17) is 15.2 Å². The Kier molecular flexibility index (Phi) is 6.74. The molecule has 0 atom stereocenters. The fraction of sp³-hybridized carbons (Fsp3) is 0.500. The average Bonchev–Trinajstić information content (AvgIpc) is 2.42. The minimum atomic E-state index is -0.236. The van der Waals surface area contributed by atoms with Crippen molar-refractivity contribution >= 4 is 5.91 Å². The molecule has 1 amide bonds.